The molecule has 2 aliphatic heterocycles. The Bertz CT molecular complexity index is 1310. The number of hydrogen-bond donors (Lipinski definition) is 3. The molecule has 0 aliphatic carbocycles. The number of hydrogen-bond acceptors (Lipinski definition) is 7. The van der Waals surface area contributed by atoms with E-state index in [0.29, 0.717) is 5.56 Å². The minimum Gasteiger partial charge on any atom is -0.508 e. The summed E-state index contributed by atoms with van der Waals surface area (Å²) in [6.07, 6.45) is 1.78. The van der Waals surface area contributed by atoms with Crippen molar-refractivity contribution >= 4 is 28.0 Å². The Hall–Kier alpha value is -3.03. The Morgan fingerprint density at radius 2 is 1.83 bits per heavy atom. The number of aromatic hydroxyl groups is 2. The largest absolute Gasteiger partial charge is 0.508 e. The summed E-state index contributed by atoms with van der Waals surface area (Å²) in [4.78, 5) is 13.3. The smallest absolute Gasteiger partial charge is 0.204 e. The molecule has 0 radical (unpaired) electrons. The average Bonchev–Trinajstić information content (AvgIpc) is 3.29. The van der Waals surface area contributed by atoms with Crippen LogP contribution in [-0.4, -0.2) is 32.6 Å². The van der Waals surface area contributed by atoms with Crippen LogP contribution >= 0.6 is 0 Å². The van der Waals surface area contributed by atoms with Crippen molar-refractivity contribution in [3.8, 4) is 17.2 Å². The first-order valence-electron chi connectivity index (χ1n) is 9.73. The Morgan fingerprint density at radius 1 is 1.13 bits per heavy atom. The molecule has 2 atom stereocenters. The fourth-order valence-corrected chi connectivity index (χ4v) is 4.08. The topological polar surface area (TPSA) is 113 Å². The number of ether oxygens (including phenoxy) is 2. The highest BCUT2D eigenvalue weighted by Crippen LogP contribution is 2.52. The van der Waals surface area contributed by atoms with Crippen LogP contribution in [0, 0.1) is 0 Å². The van der Waals surface area contributed by atoms with Crippen molar-refractivity contribution in [1.29, 1.82) is 0 Å². The molecule has 0 unspecified atom stereocenters. The summed E-state index contributed by atoms with van der Waals surface area (Å²) in [6.45, 7) is 7.41. The third-order valence-electron chi connectivity index (χ3n) is 5.76. The molecule has 30 heavy (non-hydrogen) atoms. The molecule has 0 amide bonds. The molecular weight excluding hydrogens is 388 g/mol. The summed E-state index contributed by atoms with van der Waals surface area (Å²) in [7, 11) is 0. The number of phenols is 2. The maximum absolute atomic E-state index is 13.3. The number of aliphatic hydroxyl groups is 1. The maximum atomic E-state index is 13.3. The van der Waals surface area contributed by atoms with Gasteiger partial charge in [0.2, 0.25) is 5.43 Å². The van der Waals surface area contributed by atoms with Gasteiger partial charge in [-0.15, -0.1) is 0 Å². The van der Waals surface area contributed by atoms with E-state index in [2.05, 4.69) is 0 Å². The van der Waals surface area contributed by atoms with E-state index >= 15 is 0 Å². The van der Waals surface area contributed by atoms with Gasteiger partial charge in [0.25, 0.3) is 0 Å². The lowest BCUT2D eigenvalue weighted by atomic mass is 9.91. The second-order valence-electron chi connectivity index (χ2n) is 8.95. The standard InChI is InChI=1S/C23H22O7/c1-22(2)8-7-11-16(25)14-17(26)12-9-10(24)5-6-13(12)28-20(14)15(19(11)29-22)18(27)21-23(3,4)30-21/h5-9,18,21,24-25,27H,1-4H3/t18-,21-/m0/s1. The van der Waals surface area contributed by atoms with Gasteiger partial charge in [-0.25, -0.2) is 0 Å². The first-order chi connectivity index (χ1) is 14.0. The lowest BCUT2D eigenvalue weighted by molar-refractivity contribution is 0.118. The highest BCUT2D eigenvalue weighted by Gasteiger charge is 2.54. The van der Waals surface area contributed by atoms with Gasteiger partial charge >= 0.3 is 0 Å². The van der Waals surface area contributed by atoms with Crippen LogP contribution in [0.2, 0.25) is 0 Å². The zero-order chi connectivity index (χ0) is 21.6. The van der Waals surface area contributed by atoms with Crippen LogP contribution in [-0.2, 0) is 4.74 Å². The highest BCUT2D eigenvalue weighted by molar-refractivity contribution is 5.99. The predicted octanol–water partition coefficient (Wildman–Crippen LogP) is 3.75. The Labute approximate surface area is 171 Å². The molecule has 0 saturated carbocycles. The molecule has 0 spiro atoms. The number of aliphatic hydroxyl groups excluding tert-OH is 1. The van der Waals surface area contributed by atoms with E-state index in [0.717, 1.165) is 0 Å². The van der Waals surface area contributed by atoms with Crippen molar-refractivity contribution in [2.75, 3.05) is 0 Å². The molecule has 7 heteroatoms. The average molecular weight is 410 g/mol. The summed E-state index contributed by atoms with van der Waals surface area (Å²) < 4.78 is 17.8. The van der Waals surface area contributed by atoms with Crippen LogP contribution in [0.3, 0.4) is 0 Å². The predicted molar refractivity (Wildman–Crippen MR) is 111 cm³/mol. The van der Waals surface area contributed by atoms with Gasteiger partial charge in [0.15, 0.2) is 5.58 Å². The van der Waals surface area contributed by atoms with E-state index < -0.39 is 28.8 Å². The number of fused-ring (bicyclic) bond motifs is 3. The Balaban J connectivity index is 1.93. The van der Waals surface area contributed by atoms with E-state index in [1.165, 1.54) is 18.2 Å². The van der Waals surface area contributed by atoms with Crippen molar-refractivity contribution in [2.24, 2.45) is 0 Å². The zero-order valence-electron chi connectivity index (χ0n) is 17.0. The minimum absolute atomic E-state index is 0.0411. The SMILES string of the molecule is CC1(C)C=Cc2c(c([C@H](O)[C@@H]3OC3(C)C)c3oc4ccc(O)cc4c(=O)c3c2O)O1. The Morgan fingerprint density at radius 3 is 2.50 bits per heavy atom. The van der Waals surface area contributed by atoms with Crippen molar-refractivity contribution in [3.05, 3.63) is 45.6 Å². The fraction of sp³-hybridized carbons (Fsp3) is 0.348. The molecule has 1 aromatic heterocycles. The van der Waals surface area contributed by atoms with Gasteiger partial charge in [0.05, 0.1) is 22.1 Å². The summed E-state index contributed by atoms with van der Waals surface area (Å²) >= 11 is 0. The summed E-state index contributed by atoms with van der Waals surface area (Å²) in [5.74, 6) is -0.129. The summed E-state index contributed by atoms with van der Waals surface area (Å²) in [6, 6.07) is 4.17. The first kappa shape index (κ1) is 19.0. The first-order valence-corrected chi connectivity index (χ1v) is 9.73. The number of epoxide rings is 1. The van der Waals surface area contributed by atoms with E-state index in [4.69, 9.17) is 13.9 Å². The van der Waals surface area contributed by atoms with Crippen molar-refractivity contribution in [3.63, 3.8) is 0 Å². The second-order valence-corrected chi connectivity index (χ2v) is 8.95. The molecule has 3 N–H and O–H groups in total. The van der Waals surface area contributed by atoms with Gasteiger partial charge < -0.3 is 29.2 Å². The van der Waals surface area contributed by atoms with Crippen molar-refractivity contribution in [1.82, 2.24) is 0 Å². The second kappa shape index (κ2) is 5.77. The van der Waals surface area contributed by atoms with Gasteiger partial charge in [-0.3, -0.25) is 4.79 Å². The summed E-state index contributed by atoms with van der Waals surface area (Å²) in [5, 5.41) is 32.0. The highest BCUT2D eigenvalue weighted by atomic mass is 16.6. The third kappa shape index (κ3) is 2.62. The van der Waals surface area contributed by atoms with Gasteiger partial charge in [-0.2, -0.15) is 0 Å². The van der Waals surface area contributed by atoms with E-state index in [1.54, 1.807) is 12.2 Å². The van der Waals surface area contributed by atoms with Crippen molar-refractivity contribution in [2.45, 2.75) is 51.1 Å². The number of rotatable bonds is 2. The van der Waals surface area contributed by atoms with E-state index in [9.17, 15) is 20.1 Å². The van der Waals surface area contributed by atoms with Crippen molar-refractivity contribution < 1.29 is 29.2 Å². The van der Waals surface area contributed by atoms with Gasteiger partial charge in [0, 0.05) is 0 Å². The maximum Gasteiger partial charge on any atom is 0.204 e. The molecule has 156 valence electrons. The zero-order valence-corrected chi connectivity index (χ0v) is 17.0. The molecule has 3 aromatic rings. The molecule has 2 aromatic carbocycles. The number of phenolic OH excluding ortho intramolecular Hbond substituents is 2. The van der Waals surface area contributed by atoms with Crippen LogP contribution in [0.4, 0.5) is 0 Å². The van der Waals surface area contributed by atoms with Crippen LogP contribution in [0.15, 0.2) is 33.5 Å². The molecule has 0 bridgehead atoms. The molecule has 5 rings (SSSR count). The number of benzene rings is 2. The van der Waals surface area contributed by atoms with Gasteiger partial charge in [-0.05, 0) is 58.0 Å². The van der Waals surface area contributed by atoms with Crippen LogP contribution < -0.4 is 10.2 Å². The third-order valence-corrected chi connectivity index (χ3v) is 5.76. The molecule has 2 aliphatic rings. The van der Waals surface area contributed by atoms with Crippen LogP contribution in [0.5, 0.6) is 17.2 Å². The summed E-state index contributed by atoms with van der Waals surface area (Å²) in [5.41, 5.74) is -0.924. The minimum atomic E-state index is -1.14. The molecule has 7 nitrogen and oxygen atoms in total. The molecular formula is C23H22O7. The van der Waals surface area contributed by atoms with Crippen LogP contribution in [0.1, 0.15) is 44.9 Å². The van der Waals surface area contributed by atoms with E-state index in [-0.39, 0.29) is 44.8 Å². The lowest BCUT2D eigenvalue weighted by Crippen LogP contribution is -2.29. The normalized spacial score (nSPS) is 22.0. The quantitative estimate of drug-likeness (QED) is 0.436. The molecule has 1 saturated heterocycles. The molecule has 3 heterocycles. The van der Waals surface area contributed by atoms with Gasteiger partial charge in [-0.1, -0.05) is 0 Å². The van der Waals surface area contributed by atoms with Gasteiger partial charge in [0.1, 0.15) is 46.0 Å². The molecule has 1 fully saturated rings. The monoisotopic (exact) mass is 410 g/mol. The van der Waals surface area contributed by atoms with Crippen LogP contribution in [0.25, 0.3) is 28.0 Å². The van der Waals surface area contributed by atoms with E-state index in [1.807, 2.05) is 27.7 Å². The fourth-order valence-electron chi connectivity index (χ4n) is 4.08. The lowest BCUT2D eigenvalue weighted by Gasteiger charge is -2.31. The Kier molecular flexibility index (Phi) is 3.65.